The van der Waals surface area contributed by atoms with E-state index >= 15 is 0 Å². The molecule has 6 nitrogen and oxygen atoms in total. The molecule has 11 heteroatoms. The Hall–Kier alpha value is -1.95. The Morgan fingerprint density at radius 2 is 1.48 bits per heavy atom. The molecule has 148 valence electrons. The Bertz CT molecular complexity index is 975. The number of halogens is 3. The van der Waals surface area contributed by atoms with E-state index < -0.39 is 38.1 Å². The van der Waals surface area contributed by atoms with Gasteiger partial charge in [0.15, 0.2) is 0 Å². The molecular weight excluding hydrogens is 405 g/mol. The number of sulfonamides is 2. The summed E-state index contributed by atoms with van der Waals surface area (Å²) in [6.45, 7) is 1.16. The molecular formula is C16H17F3N2O4S2. The van der Waals surface area contributed by atoms with Crippen LogP contribution < -0.4 is 9.44 Å². The van der Waals surface area contributed by atoms with Crippen LogP contribution in [-0.2, 0) is 20.0 Å². The first-order valence-electron chi connectivity index (χ1n) is 7.62. The van der Waals surface area contributed by atoms with Crippen molar-refractivity contribution in [3.8, 4) is 0 Å². The van der Waals surface area contributed by atoms with E-state index in [1.807, 2.05) is 0 Å². The normalized spacial score (nSPS) is 14.1. The van der Waals surface area contributed by atoms with Crippen LogP contribution in [0.15, 0.2) is 59.5 Å². The van der Waals surface area contributed by atoms with E-state index in [-0.39, 0.29) is 10.5 Å². The Morgan fingerprint density at radius 1 is 0.926 bits per heavy atom. The number of alkyl halides is 3. The molecule has 2 N–H and O–H groups in total. The zero-order chi connectivity index (χ0) is 20.3. The molecule has 0 aliphatic carbocycles. The molecule has 0 amide bonds. The lowest BCUT2D eigenvalue weighted by Crippen LogP contribution is -2.43. The minimum Gasteiger partial charge on any atom is -0.209 e. The van der Waals surface area contributed by atoms with Crippen LogP contribution in [-0.4, -0.2) is 28.9 Å². The third kappa shape index (κ3) is 5.51. The van der Waals surface area contributed by atoms with Gasteiger partial charge in [0.2, 0.25) is 10.0 Å². The van der Waals surface area contributed by atoms with Crippen molar-refractivity contribution < 1.29 is 30.0 Å². The van der Waals surface area contributed by atoms with Crippen molar-refractivity contribution in [2.45, 2.75) is 23.4 Å². The fourth-order valence-electron chi connectivity index (χ4n) is 2.16. The predicted octanol–water partition coefficient (Wildman–Crippen LogP) is 2.45. The van der Waals surface area contributed by atoms with Gasteiger partial charge in [-0.2, -0.15) is 17.9 Å². The fraction of sp³-hybridized carbons (Fsp3) is 0.250. The SMILES string of the molecule is Cc1ccc(S(=O)(=O)NC[C@@H](NS(=O)(=O)C(F)(F)F)c2ccccc2)cc1. The zero-order valence-electron chi connectivity index (χ0n) is 14.1. The van der Waals surface area contributed by atoms with Crippen LogP contribution in [0.3, 0.4) is 0 Å². The smallest absolute Gasteiger partial charge is 0.209 e. The molecule has 2 aromatic rings. The molecule has 0 saturated carbocycles. The van der Waals surface area contributed by atoms with Crippen molar-refractivity contribution >= 4 is 20.0 Å². The maximum absolute atomic E-state index is 12.7. The first-order chi connectivity index (χ1) is 12.4. The number of aryl methyl sites for hydroxylation is 1. The van der Waals surface area contributed by atoms with Crippen molar-refractivity contribution in [2.75, 3.05) is 6.54 Å². The summed E-state index contributed by atoms with van der Waals surface area (Å²) in [5.74, 6) is 0. The van der Waals surface area contributed by atoms with Gasteiger partial charge < -0.3 is 0 Å². The van der Waals surface area contributed by atoms with Crippen LogP contribution in [0.4, 0.5) is 13.2 Å². The van der Waals surface area contributed by atoms with Gasteiger partial charge in [0.05, 0.1) is 10.9 Å². The van der Waals surface area contributed by atoms with Crippen LogP contribution in [0.25, 0.3) is 0 Å². The molecule has 0 aliphatic heterocycles. The lowest BCUT2D eigenvalue weighted by molar-refractivity contribution is -0.0450. The Morgan fingerprint density at radius 3 is 2.00 bits per heavy atom. The van der Waals surface area contributed by atoms with Gasteiger partial charge in [-0.1, -0.05) is 48.0 Å². The molecule has 0 fully saturated rings. The zero-order valence-corrected chi connectivity index (χ0v) is 15.7. The maximum Gasteiger partial charge on any atom is 0.511 e. The highest BCUT2D eigenvalue weighted by molar-refractivity contribution is 7.90. The van der Waals surface area contributed by atoms with E-state index in [4.69, 9.17) is 0 Å². The third-order valence-electron chi connectivity index (χ3n) is 3.61. The molecule has 2 aromatic carbocycles. The Labute approximate surface area is 155 Å². The molecule has 0 saturated heterocycles. The monoisotopic (exact) mass is 422 g/mol. The van der Waals surface area contributed by atoms with E-state index in [1.165, 1.54) is 41.1 Å². The van der Waals surface area contributed by atoms with E-state index in [9.17, 15) is 30.0 Å². The molecule has 2 rings (SSSR count). The van der Waals surface area contributed by atoms with Crippen molar-refractivity contribution in [3.05, 3.63) is 65.7 Å². The van der Waals surface area contributed by atoms with Crippen molar-refractivity contribution in [1.29, 1.82) is 0 Å². The molecule has 0 bridgehead atoms. The first-order valence-corrected chi connectivity index (χ1v) is 10.6. The second-order valence-corrected chi connectivity index (χ2v) is 9.17. The quantitative estimate of drug-likeness (QED) is 0.717. The van der Waals surface area contributed by atoms with Gasteiger partial charge in [0.1, 0.15) is 0 Å². The van der Waals surface area contributed by atoms with Crippen molar-refractivity contribution in [3.63, 3.8) is 0 Å². The van der Waals surface area contributed by atoms with E-state index in [2.05, 4.69) is 4.72 Å². The van der Waals surface area contributed by atoms with Crippen molar-refractivity contribution in [2.24, 2.45) is 0 Å². The minimum atomic E-state index is -5.67. The fourth-order valence-corrected chi connectivity index (χ4v) is 3.94. The van der Waals surface area contributed by atoms with Crippen LogP contribution in [0.1, 0.15) is 17.2 Å². The van der Waals surface area contributed by atoms with E-state index in [1.54, 1.807) is 25.1 Å². The number of hydrogen-bond acceptors (Lipinski definition) is 4. The van der Waals surface area contributed by atoms with Crippen molar-refractivity contribution in [1.82, 2.24) is 9.44 Å². The lowest BCUT2D eigenvalue weighted by Gasteiger charge is -2.20. The maximum atomic E-state index is 12.7. The number of benzene rings is 2. The second-order valence-electron chi connectivity index (χ2n) is 5.70. The standard InChI is InChI=1S/C16H17F3N2O4S2/c1-12-7-9-14(10-8-12)26(22,23)20-11-15(13-5-3-2-4-6-13)21-27(24,25)16(17,18)19/h2-10,15,20-21H,11H2,1H3/t15-/m1/s1. The summed E-state index contributed by atoms with van der Waals surface area (Å²) in [7, 11) is -9.71. The average molecular weight is 422 g/mol. The third-order valence-corrected chi connectivity index (χ3v) is 6.26. The van der Waals surface area contributed by atoms with Gasteiger partial charge in [-0.25, -0.2) is 21.6 Å². The van der Waals surface area contributed by atoms with E-state index in [0.29, 0.717) is 0 Å². The van der Waals surface area contributed by atoms with Gasteiger partial charge in [-0.05, 0) is 24.6 Å². The summed E-state index contributed by atoms with van der Waals surface area (Å²) in [4.78, 5) is -0.0846. The van der Waals surface area contributed by atoms with Gasteiger partial charge in [0.25, 0.3) is 0 Å². The molecule has 0 spiro atoms. The average Bonchev–Trinajstić information content (AvgIpc) is 2.59. The molecule has 0 unspecified atom stereocenters. The number of rotatable bonds is 7. The summed E-state index contributed by atoms with van der Waals surface area (Å²) < 4.78 is 89.3. The van der Waals surface area contributed by atoms with Gasteiger partial charge in [-0.15, -0.1) is 0 Å². The summed E-state index contributed by atoms with van der Waals surface area (Å²) in [5.41, 5.74) is -4.51. The minimum absolute atomic E-state index is 0.0846. The Kier molecular flexibility index (Phi) is 6.30. The molecule has 1 atom stereocenters. The summed E-state index contributed by atoms with van der Waals surface area (Å²) in [5, 5.41) is 0. The topological polar surface area (TPSA) is 92.3 Å². The molecule has 0 aromatic heterocycles. The molecule has 0 aliphatic rings. The summed E-state index contributed by atoms with van der Waals surface area (Å²) in [6, 6.07) is 11.7. The number of nitrogens with one attached hydrogen (secondary N) is 2. The largest absolute Gasteiger partial charge is 0.511 e. The molecule has 27 heavy (non-hydrogen) atoms. The van der Waals surface area contributed by atoms with Crippen LogP contribution in [0, 0.1) is 6.92 Å². The first kappa shape index (κ1) is 21.4. The van der Waals surface area contributed by atoms with Gasteiger partial charge >= 0.3 is 15.5 Å². The van der Waals surface area contributed by atoms with Gasteiger partial charge in [0, 0.05) is 6.54 Å². The molecule has 0 radical (unpaired) electrons. The van der Waals surface area contributed by atoms with E-state index in [0.717, 1.165) is 5.56 Å². The summed E-state index contributed by atoms with van der Waals surface area (Å²) >= 11 is 0. The highest BCUT2D eigenvalue weighted by Gasteiger charge is 2.47. The van der Waals surface area contributed by atoms with Gasteiger partial charge in [-0.3, -0.25) is 0 Å². The van der Waals surface area contributed by atoms with Crippen LogP contribution >= 0.6 is 0 Å². The Balaban J connectivity index is 2.26. The highest BCUT2D eigenvalue weighted by Crippen LogP contribution is 2.25. The molecule has 0 heterocycles. The second kappa shape index (κ2) is 7.97. The van der Waals surface area contributed by atoms with Crippen LogP contribution in [0.5, 0.6) is 0 Å². The summed E-state index contributed by atoms with van der Waals surface area (Å²) in [6.07, 6.45) is 0. The lowest BCUT2D eigenvalue weighted by atomic mass is 10.1. The predicted molar refractivity (Wildman–Crippen MR) is 93.7 cm³/mol. The number of hydrogen-bond donors (Lipinski definition) is 2. The van der Waals surface area contributed by atoms with Crippen LogP contribution in [0.2, 0.25) is 0 Å². The highest BCUT2D eigenvalue weighted by atomic mass is 32.2.